The SMILES string of the molecule is O=C1C(=O)N(C2CCOCC2)[C@H](c2ccc(C(F)(F)F)cc2)C1=C(O)c1cc(F)ccc1OCc1ccccc1. The molecule has 10 heteroatoms. The highest BCUT2D eigenvalue weighted by Gasteiger charge is 2.49. The number of likely N-dealkylation sites (tertiary alicyclic amines) is 1. The molecule has 3 aromatic rings. The van der Waals surface area contributed by atoms with Crippen LogP contribution < -0.4 is 4.74 Å². The molecule has 2 saturated heterocycles. The number of amides is 1. The fraction of sp³-hybridized carbons (Fsp3) is 0.267. The Bertz CT molecular complexity index is 1430. The van der Waals surface area contributed by atoms with E-state index < -0.39 is 47.1 Å². The number of hydrogen-bond acceptors (Lipinski definition) is 5. The number of ether oxygens (including phenoxy) is 2. The molecule has 208 valence electrons. The Kier molecular flexibility index (Phi) is 7.62. The van der Waals surface area contributed by atoms with Gasteiger partial charge in [-0.3, -0.25) is 9.59 Å². The number of hydrogen-bond donors (Lipinski definition) is 1. The maximum Gasteiger partial charge on any atom is 0.416 e. The Labute approximate surface area is 227 Å². The van der Waals surface area contributed by atoms with E-state index in [9.17, 15) is 32.3 Å². The van der Waals surface area contributed by atoms with Crippen molar-refractivity contribution in [3.05, 3.63) is 106 Å². The minimum atomic E-state index is -4.59. The molecule has 0 aromatic heterocycles. The largest absolute Gasteiger partial charge is 0.507 e. The third-order valence-corrected chi connectivity index (χ3v) is 7.05. The Morgan fingerprint density at radius 3 is 2.30 bits per heavy atom. The maximum absolute atomic E-state index is 14.4. The first kappa shape index (κ1) is 27.4. The molecular formula is C30H25F4NO5. The quantitative estimate of drug-likeness (QED) is 0.174. The summed E-state index contributed by atoms with van der Waals surface area (Å²) in [6.45, 7) is 0.731. The first-order chi connectivity index (χ1) is 19.1. The molecule has 2 heterocycles. The van der Waals surface area contributed by atoms with Crippen LogP contribution in [0.4, 0.5) is 17.6 Å². The van der Waals surface area contributed by atoms with Gasteiger partial charge in [0.15, 0.2) is 0 Å². The predicted molar refractivity (Wildman–Crippen MR) is 137 cm³/mol. The van der Waals surface area contributed by atoms with Crippen LogP contribution in [-0.2, 0) is 27.1 Å². The highest BCUT2D eigenvalue weighted by atomic mass is 19.4. The number of carbonyl (C=O) groups excluding carboxylic acids is 2. The van der Waals surface area contributed by atoms with Crippen molar-refractivity contribution in [2.45, 2.75) is 37.7 Å². The number of carbonyl (C=O) groups is 2. The van der Waals surface area contributed by atoms with Crippen molar-refractivity contribution in [1.82, 2.24) is 4.90 Å². The number of nitrogens with zero attached hydrogens (tertiary/aromatic N) is 1. The third-order valence-electron chi connectivity index (χ3n) is 7.05. The van der Waals surface area contributed by atoms with Crippen molar-refractivity contribution in [3.63, 3.8) is 0 Å². The molecule has 6 nitrogen and oxygen atoms in total. The van der Waals surface area contributed by atoms with Crippen LogP contribution >= 0.6 is 0 Å². The van der Waals surface area contributed by atoms with Gasteiger partial charge in [0.2, 0.25) is 0 Å². The summed E-state index contributed by atoms with van der Waals surface area (Å²) >= 11 is 0. The number of Topliss-reactive ketones (excluding diaryl/α,β-unsaturated/α-hetero) is 1. The second kappa shape index (κ2) is 11.1. The summed E-state index contributed by atoms with van der Waals surface area (Å²) in [5.41, 5.74) is -0.418. The first-order valence-electron chi connectivity index (χ1n) is 12.7. The number of aliphatic hydroxyl groups is 1. The molecule has 1 amide bonds. The summed E-state index contributed by atoms with van der Waals surface area (Å²) in [7, 11) is 0. The zero-order valence-electron chi connectivity index (χ0n) is 21.2. The molecular weight excluding hydrogens is 530 g/mol. The number of halogens is 4. The van der Waals surface area contributed by atoms with Crippen LogP contribution in [-0.4, -0.2) is 41.0 Å². The lowest BCUT2D eigenvalue weighted by Crippen LogP contribution is -2.42. The average Bonchev–Trinajstić information content (AvgIpc) is 3.22. The molecule has 0 saturated carbocycles. The van der Waals surface area contributed by atoms with Crippen LogP contribution in [0, 0.1) is 5.82 Å². The summed E-state index contributed by atoms with van der Waals surface area (Å²) in [5.74, 6) is -3.27. The van der Waals surface area contributed by atoms with Crippen LogP contribution in [0.5, 0.6) is 5.75 Å². The normalized spacial score (nSPS) is 19.7. The lowest BCUT2D eigenvalue weighted by Gasteiger charge is -2.35. The monoisotopic (exact) mass is 555 g/mol. The zero-order chi connectivity index (χ0) is 28.4. The lowest BCUT2D eigenvalue weighted by atomic mass is 9.93. The highest BCUT2D eigenvalue weighted by Crippen LogP contribution is 2.44. The van der Waals surface area contributed by atoms with E-state index in [-0.39, 0.29) is 29.1 Å². The molecule has 40 heavy (non-hydrogen) atoms. The van der Waals surface area contributed by atoms with Crippen LogP contribution in [0.25, 0.3) is 5.76 Å². The van der Waals surface area contributed by atoms with E-state index in [1.807, 2.05) is 30.3 Å². The summed E-state index contributed by atoms with van der Waals surface area (Å²) in [6, 6.07) is 14.9. The van der Waals surface area contributed by atoms with Crippen molar-refractivity contribution in [2.75, 3.05) is 13.2 Å². The Hall–Kier alpha value is -4.18. The van der Waals surface area contributed by atoms with Crippen molar-refractivity contribution in [3.8, 4) is 5.75 Å². The Balaban J connectivity index is 1.61. The fourth-order valence-electron chi connectivity index (χ4n) is 5.07. The Morgan fingerprint density at radius 2 is 1.65 bits per heavy atom. The van der Waals surface area contributed by atoms with E-state index in [0.717, 1.165) is 29.8 Å². The molecule has 0 unspecified atom stereocenters. The number of rotatable bonds is 6. The van der Waals surface area contributed by atoms with Gasteiger partial charge in [0, 0.05) is 19.3 Å². The number of aliphatic hydroxyl groups excluding tert-OH is 1. The van der Waals surface area contributed by atoms with E-state index in [1.54, 1.807) is 0 Å². The molecule has 3 aromatic carbocycles. The molecule has 5 rings (SSSR count). The van der Waals surface area contributed by atoms with Crippen molar-refractivity contribution >= 4 is 17.4 Å². The smallest absolute Gasteiger partial charge is 0.416 e. The average molecular weight is 556 g/mol. The molecule has 0 bridgehead atoms. The van der Waals surface area contributed by atoms with Crippen LogP contribution in [0.1, 0.15) is 41.1 Å². The van der Waals surface area contributed by atoms with E-state index >= 15 is 0 Å². The minimum Gasteiger partial charge on any atom is -0.507 e. The summed E-state index contributed by atoms with van der Waals surface area (Å²) < 4.78 is 65.4. The van der Waals surface area contributed by atoms with Gasteiger partial charge in [-0.05, 0) is 54.3 Å². The van der Waals surface area contributed by atoms with Gasteiger partial charge in [-0.1, -0.05) is 42.5 Å². The first-order valence-corrected chi connectivity index (χ1v) is 12.7. The fourth-order valence-corrected chi connectivity index (χ4v) is 5.07. The molecule has 1 N–H and O–H groups in total. The summed E-state index contributed by atoms with van der Waals surface area (Å²) in [5, 5.41) is 11.5. The van der Waals surface area contributed by atoms with Gasteiger partial charge in [0.05, 0.1) is 22.7 Å². The van der Waals surface area contributed by atoms with E-state index in [0.29, 0.717) is 26.1 Å². The summed E-state index contributed by atoms with van der Waals surface area (Å²) in [6.07, 6.45) is -3.79. The van der Waals surface area contributed by atoms with Crippen LogP contribution in [0.2, 0.25) is 0 Å². The van der Waals surface area contributed by atoms with Crippen molar-refractivity contribution in [2.24, 2.45) is 0 Å². The second-order valence-corrected chi connectivity index (χ2v) is 9.58. The lowest BCUT2D eigenvalue weighted by molar-refractivity contribution is -0.142. The highest BCUT2D eigenvalue weighted by molar-refractivity contribution is 6.46. The summed E-state index contributed by atoms with van der Waals surface area (Å²) in [4.78, 5) is 28.0. The topological polar surface area (TPSA) is 76.1 Å². The zero-order valence-corrected chi connectivity index (χ0v) is 21.2. The molecule has 1 atom stereocenters. The van der Waals surface area contributed by atoms with E-state index in [4.69, 9.17) is 9.47 Å². The number of benzene rings is 3. The van der Waals surface area contributed by atoms with Gasteiger partial charge in [0.25, 0.3) is 11.7 Å². The van der Waals surface area contributed by atoms with Gasteiger partial charge in [-0.25, -0.2) is 4.39 Å². The van der Waals surface area contributed by atoms with Crippen LogP contribution in [0.3, 0.4) is 0 Å². The molecule has 0 spiro atoms. The van der Waals surface area contributed by atoms with Crippen LogP contribution in [0.15, 0.2) is 78.4 Å². The Morgan fingerprint density at radius 1 is 0.975 bits per heavy atom. The van der Waals surface area contributed by atoms with Gasteiger partial charge in [-0.15, -0.1) is 0 Å². The molecule has 2 aliphatic rings. The molecule has 2 aliphatic heterocycles. The van der Waals surface area contributed by atoms with Crippen molar-refractivity contribution in [1.29, 1.82) is 0 Å². The molecule has 0 radical (unpaired) electrons. The van der Waals surface area contributed by atoms with E-state index in [2.05, 4.69) is 0 Å². The molecule has 0 aliphatic carbocycles. The van der Waals surface area contributed by atoms with Gasteiger partial charge >= 0.3 is 6.18 Å². The standard InChI is InChI=1S/C30H25F4NO5/c31-21-10-11-24(40-17-18-4-2-1-3-5-18)23(16-21)27(36)25-26(19-6-8-20(9-7-19)30(32,33)34)35(29(38)28(25)37)22-12-14-39-15-13-22/h1-11,16,22,26,36H,12-15,17H2/t26-/m1/s1. The van der Waals surface area contributed by atoms with E-state index in [1.165, 1.54) is 23.1 Å². The third kappa shape index (κ3) is 5.44. The van der Waals surface area contributed by atoms with Gasteiger partial charge in [-0.2, -0.15) is 13.2 Å². The maximum atomic E-state index is 14.4. The minimum absolute atomic E-state index is 0.0613. The van der Waals surface area contributed by atoms with Gasteiger partial charge in [0.1, 0.15) is 23.9 Å². The second-order valence-electron chi connectivity index (χ2n) is 9.58. The van der Waals surface area contributed by atoms with Crippen molar-refractivity contribution < 1.29 is 41.7 Å². The molecule has 2 fully saturated rings. The van der Waals surface area contributed by atoms with Gasteiger partial charge < -0.3 is 19.5 Å². The number of ketones is 1. The predicted octanol–water partition coefficient (Wildman–Crippen LogP) is 6.02. The number of alkyl halides is 3.